The summed E-state index contributed by atoms with van der Waals surface area (Å²) in [4.78, 5) is 11.9. The van der Waals surface area contributed by atoms with Gasteiger partial charge in [0.2, 0.25) is 0 Å². The minimum atomic E-state index is -0.0656. The number of rotatable bonds is 7. The van der Waals surface area contributed by atoms with Crippen molar-refractivity contribution in [2.45, 2.75) is 39.0 Å². The zero-order valence-electron chi connectivity index (χ0n) is 12.1. The predicted molar refractivity (Wildman–Crippen MR) is 80.1 cm³/mol. The molecule has 0 unspecified atom stereocenters. The lowest BCUT2D eigenvalue weighted by Crippen LogP contribution is -2.24. The Balaban J connectivity index is 2.32. The minimum absolute atomic E-state index is 0.0656. The summed E-state index contributed by atoms with van der Waals surface area (Å²) in [6.07, 6.45) is 2.12. The van der Waals surface area contributed by atoms with E-state index in [0.29, 0.717) is 24.4 Å². The van der Waals surface area contributed by atoms with Crippen molar-refractivity contribution in [1.29, 1.82) is 0 Å². The lowest BCUT2D eigenvalue weighted by Gasteiger charge is -2.08. The first-order chi connectivity index (χ1) is 9.54. The lowest BCUT2D eigenvalue weighted by molar-refractivity contribution is 0.0953. The molecule has 1 amide bonds. The van der Waals surface area contributed by atoms with Crippen LogP contribution in [0.25, 0.3) is 0 Å². The molecule has 5 heteroatoms. The Bertz CT molecular complexity index is 453. The van der Waals surface area contributed by atoms with Crippen molar-refractivity contribution in [3.8, 4) is 0 Å². The molecule has 0 radical (unpaired) electrons. The average Bonchev–Trinajstić information content (AvgIpc) is 2.46. The SMILES string of the molecule is CC(C)c1ccc(C(=O)NCCCCC(N)=NO)cc1. The second kappa shape index (κ2) is 8.19. The highest BCUT2D eigenvalue weighted by atomic mass is 16.4. The number of nitrogens with zero attached hydrogens (tertiary/aromatic N) is 1. The summed E-state index contributed by atoms with van der Waals surface area (Å²) in [5.74, 6) is 0.621. The van der Waals surface area contributed by atoms with Gasteiger partial charge in [-0.25, -0.2) is 0 Å². The molecule has 0 atom stereocenters. The number of unbranched alkanes of at least 4 members (excludes halogenated alkanes) is 1. The Morgan fingerprint density at radius 2 is 1.95 bits per heavy atom. The van der Waals surface area contributed by atoms with Crippen LogP contribution in [0.5, 0.6) is 0 Å². The van der Waals surface area contributed by atoms with Crippen molar-refractivity contribution >= 4 is 11.7 Å². The van der Waals surface area contributed by atoms with Crippen LogP contribution in [0.4, 0.5) is 0 Å². The number of carbonyl (C=O) groups excluding carboxylic acids is 1. The molecule has 1 rings (SSSR count). The molecular formula is C15H23N3O2. The van der Waals surface area contributed by atoms with Crippen molar-refractivity contribution in [2.24, 2.45) is 10.9 Å². The highest BCUT2D eigenvalue weighted by molar-refractivity contribution is 5.94. The van der Waals surface area contributed by atoms with Crippen LogP contribution in [0.1, 0.15) is 54.9 Å². The first-order valence-corrected chi connectivity index (χ1v) is 6.89. The van der Waals surface area contributed by atoms with E-state index in [9.17, 15) is 4.79 Å². The predicted octanol–water partition coefficient (Wildman–Crippen LogP) is 2.46. The van der Waals surface area contributed by atoms with Crippen LogP contribution >= 0.6 is 0 Å². The molecule has 0 saturated heterocycles. The normalized spacial score (nSPS) is 11.7. The van der Waals surface area contributed by atoms with E-state index in [1.807, 2.05) is 24.3 Å². The third-order valence-electron chi connectivity index (χ3n) is 3.11. The number of nitrogens with two attached hydrogens (primary N) is 1. The van der Waals surface area contributed by atoms with Crippen LogP contribution in [0, 0.1) is 0 Å². The average molecular weight is 277 g/mol. The van der Waals surface area contributed by atoms with E-state index in [0.717, 1.165) is 12.8 Å². The molecule has 0 bridgehead atoms. The van der Waals surface area contributed by atoms with Gasteiger partial charge in [0, 0.05) is 18.5 Å². The number of nitrogens with one attached hydrogen (secondary N) is 1. The second-order valence-corrected chi connectivity index (χ2v) is 5.08. The number of hydrogen-bond donors (Lipinski definition) is 3. The van der Waals surface area contributed by atoms with Crippen LogP contribution in [0.15, 0.2) is 29.4 Å². The fourth-order valence-corrected chi connectivity index (χ4v) is 1.80. The number of benzene rings is 1. The van der Waals surface area contributed by atoms with Crippen LogP contribution in [0.3, 0.4) is 0 Å². The van der Waals surface area contributed by atoms with Crippen molar-refractivity contribution in [2.75, 3.05) is 6.54 Å². The van der Waals surface area contributed by atoms with E-state index >= 15 is 0 Å². The molecule has 1 aromatic rings. The summed E-state index contributed by atoms with van der Waals surface area (Å²) in [6.45, 7) is 4.83. The van der Waals surface area contributed by atoms with E-state index in [4.69, 9.17) is 10.9 Å². The molecule has 0 aliphatic heterocycles. The third-order valence-corrected chi connectivity index (χ3v) is 3.11. The number of hydrogen-bond acceptors (Lipinski definition) is 3. The summed E-state index contributed by atoms with van der Waals surface area (Å²) in [6, 6.07) is 7.66. The molecule has 20 heavy (non-hydrogen) atoms. The fraction of sp³-hybridized carbons (Fsp3) is 0.467. The van der Waals surface area contributed by atoms with E-state index in [1.54, 1.807) is 0 Å². The standard InChI is InChI=1S/C15H23N3O2/c1-11(2)12-6-8-13(9-7-12)15(19)17-10-4-3-5-14(16)18-20/h6-9,11,20H,3-5,10H2,1-2H3,(H2,16,18)(H,17,19). The summed E-state index contributed by atoms with van der Waals surface area (Å²) >= 11 is 0. The Labute approximate surface area is 119 Å². The van der Waals surface area contributed by atoms with Gasteiger partial charge < -0.3 is 16.3 Å². The van der Waals surface area contributed by atoms with Gasteiger partial charge in [0.05, 0.1) is 0 Å². The van der Waals surface area contributed by atoms with Crippen LogP contribution in [-0.2, 0) is 0 Å². The maximum Gasteiger partial charge on any atom is 0.251 e. The maximum atomic E-state index is 11.9. The Hall–Kier alpha value is -2.04. The Morgan fingerprint density at radius 3 is 2.50 bits per heavy atom. The summed E-state index contributed by atoms with van der Waals surface area (Å²) < 4.78 is 0. The monoisotopic (exact) mass is 277 g/mol. The molecule has 0 spiro atoms. The fourth-order valence-electron chi connectivity index (χ4n) is 1.80. The van der Waals surface area contributed by atoms with Crippen molar-refractivity contribution in [3.05, 3.63) is 35.4 Å². The molecule has 0 aliphatic carbocycles. The number of carbonyl (C=O) groups is 1. The van der Waals surface area contributed by atoms with E-state index < -0.39 is 0 Å². The highest BCUT2D eigenvalue weighted by Gasteiger charge is 2.05. The second-order valence-electron chi connectivity index (χ2n) is 5.08. The van der Waals surface area contributed by atoms with Gasteiger partial charge in [-0.1, -0.05) is 31.1 Å². The topological polar surface area (TPSA) is 87.7 Å². The molecule has 5 nitrogen and oxygen atoms in total. The molecule has 0 aliphatic rings. The Morgan fingerprint density at radius 1 is 1.30 bits per heavy atom. The van der Waals surface area contributed by atoms with E-state index in [1.165, 1.54) is 5.56 Å². The largest absolute Gasteiger partial charge is 0.409 e. The molecule has 1 aromatic carbocycles. The molecule has 0 heterocycles. The van der Waals surface area contributed by atoms with Gasteiger partial charge >= 0.3 is 0 Å². The highest BCUT2D eigenvalue weighted by Crippen LogP contribution is 2.14. The van der Waals surface area contributed by atoms with E-state index in [-0.39, 0.29) is 11.7 Å². The van der Waals surface area contributed by atoms with Gasteiger partial charge in [0.25, 0.3) is 5.91 Å². The van der Waals surface area contributed by atoms with Gasteiger partial charge in [0.15, 0.2) is 0 Å². The molecule has 0 saturated carbocycles. The Kier molecular flexibility index (Phi) is 6.56. The van der Waals surface area contributed by atoms with Crippen molar-refractivity contribution in [3.63, 3.8) is 0 Å². The van der Waals surface area contributed by atoms with Gasteiger partial charge in [-0.3, -0.25) is 4.79 Å². The van der Waals surface area contributed by atoms with E-state index in [2.05, 4.69) is 24.3 Å². The van der Waals surface area contributed by atoms with Gasteiger partial charge in [-0.2, -0.15) is 0 Å². The minimum Gasteiger partial charge on any atom is -0.409 e. The van der Waals surface area contributed by atoms with Gasteiger partial charge in [-0.15, -0.1) is 0 Å². The summed E-state index contributed by atoms with van der Waals surface area (Å²) in [7, 11) is 0. The van der Waals surface area contributed by atoms with Crippen LogP contribution in [-0.4, -0.2) is 23.5 Å². The summed E-state index contributed by atoms with van der Waals surface area (Å²) in [5.41, 5.74) is 7.25. The molecular weight excluding hydrogens is 254 g/mol. The molecule has 110 valence electrons. The first kappa shape index (κ1) is 16.0. The number of oxime groups is 1. The molecule has 0 aromatic heterocycles. The zero-order chi connectivity index (χ0) is 15.0. The smallest absolute Gasteiger partial charge is 0.251 e. The first-order valence-electron chi connectivity index (χ1n) is 6.89. The third kappa shape index (κ3) is 5.30. The zero-order valence-corrected chi connectivity index (χ0v) is 12.1. The van der Waals surface area contributed by atoms with Crippen LogP contribution < -0.4 is 11.1 Å². The van der Waals surface area contributed by atoms with Crippen molar-refractivity contribution in [1.82, 2.24) is 5.32 Å². The molecule has 0 fully saturated rings. The van der Waals surface area contributed by atoms with Crippen LogP contribution in [0.2, 0.25) is 0 Å². The van der Waals surface area contributed by atoms with Gasteiger partial charge in [0.1, 0.15) is 5.84 Å². The van der Waals surface area contributed by atoms with Crippen molar-refractivity contribution < 1.29 is 10.0 Å². The number of amidine groups is 1. The summed E-state index contributed by atoms with van der Waals surface area (Å²) in [5, 5.41) is 14.1. The quantitative estimate of drug-likeness (QED) is 0.235. The number of amides is 1. The van der Waals surface area contributed by atoms with Gasteiger partial charge in [-0.05, 0) is 36.5 Å². The molecule has 4 N–H and O–H groups in total. The lowest BCUT2D eigenvalue weighted by atomic mass is 10.0. The maximum absolute atomic E-state index is 11.9.